The summed E-state index contributed by atoms with van der Waals surface area (Å²) in [5.74, 6) is 0.955. The van der Waals surface area contributed by atoms with Crippen LogP contribution in [0.5, 0.6) is 5.75 Å². The molecule has 4 rings (SSSR count). The van der Waals surface area contributed by atoms with E-state index >= 15 is 0 Å². The molecule has 0 amide bonds. The van der Waals surface area contributed by atoms with Gasteiger partial charge in [0.1, 0.15) is 5.75 Å². The van der Waals surface area contributed by atoms with Gasteiger partial charge in [0.2, 0.25) is 0 Å². The first-order valence-electron chi connectivity index (χ1n) is 10.5. The first-order valence-corrected chi connectivity index (χ1v) is 10.5. The van der Waals surface area contributed by atoms with Crippen LogP contribution in [0.3, 0.4) is 0 Å². The van der Waals surface area contributed by atoms with Gasteiger partial charge in [0, 0.05) is 25.1 Å². The van der Waals surface area contributed by atoms with E-state index < -0.39 is 0 Å². The number of fused-ring (bicyclic) bond motifs is 1. The van der Waals surface area contributed by atoms with Crippen LogP contribution in [0.1, 0.15) is 46.8 Å². The first kappa shape index (κ1) is 25.0. The van der Waals surface area contributed by atoms with Gasteiger partial charge in [-0.3, -0.25) is 4.90 Å². The van der Waals surface area contributed by atoms with E-state index in [1.807, 2.05) is 13.0 Å². The Bertz CT molecular complexity index is 838. The lowest BCUT2D eigenvalue weighted by molar-refractivity contribution is -0.0651. The molecule has 2 atom stereocenters. The molecular formula is C24H34Cl2N2O2. The summed E-state index contributed by atoms with van der Waals surface area (Å²) in [6.07, 6.45) is 3.10. The molecule has 2 heterocycles. The number of nitrogens with two attached hydrogens (primary N) is 1. The van der Waals surface area contributed by atoms with Crippen LogP contribution in [-0.4, -0.2) is 35.7 Å². The van der Waals surface area contributed by atoms with Crippen molar-refractivity contribution < 1.29 is 9.84 Å². The SMILES string of the molecule is Cc1ccccc1CN1CCC([C@@H]2Cc3c(ccc(C)c3O)[C@H](CN)O2)CC1.Cl.Cl. The first-order chi connectivity index (χ1) is 13.6. The van der Waals surface area contributed by atoms with Crippen LogP contribution < -0.4 is 5.73 Å². The molecule has 0 radical (unpaired) electrons. The van der Waals surface area contributed by atoms with E-state index in [-0.39, 0.29) is 37.0 Å². The topological polar surface area (TPSA) is 58.7 Å². The number of hydrogen-bond acceptors (Lipinski definition) is 4. The Morgan fingerprint density at radius 3 is 2.40 bits per heavy atom. The molecule has 1 saturated heterocycles. The maximum absolute atomic E-state index is 10.6. The smallest absolute Gasteiger partial charge is 0.122 e. The van der Waals surface area contributed by atoms with Gasteiger partial charge in [-0.25, -0.2) is 0 Å². The molecule has 0 bridgehead atoms. The average molecular weight is 453 g/mol. The number of benzene rings is 2. The maximum atomic E-state index is 10.6. The van der Waals surface area contributed by atoms with Gasteiger partial charge in [-0.05, 0) is 68.0 Å². The van der Waals surface area contributed by atoms with Crippen LogP contribution >= 0.6 is 24.8 Å². The van der Waals surface area contributed by atoms with Crippen LogP contribution in [0.4, 0.5) is 0 Å². The number of phenolic OH excluding ortho intramolecular Hbond substituents is 1. The van der Waals surface area contributed by atoms with Gasteiger partial charge in [0.05, 0.1) is 12.2 Å². The fourth-order valence-corrected chi connectivity index (χ4v) is 4.79. The van der Waals surface area contributed by atoms with Crippen molar-refractivity contribution in [1.29, 1.82) is 0 Å². The van der Waals surface area contributed by atoms with E-state index in [0.717, 1.165) is 55.6 Å². The molecule has 0 saturated carbocycles. The Morgan fingerprint density at radius 2 is 1.73 bits per heavy atom. The quantitative estimate of drug-likeness (QED) is 0.704. The van der Waals surface area contributed by atoms with Crippen molar-refractivity contribution in [3.8, 4) is 5.75 Å². The lowest BCUT2D eigenvalue weighted by Crippen LogP contribution is -2.42. The summed E-state index contributed by atoms with van der Waals surface area (Å²) in [6, 6.07) is 12.7. The predicted octanol–water partition coefficient (Wildman–Crippen LogP) is 4.71. The van der Waals surface area contributed by atoms with Crippen molar-refractivity contribution >= 4 is 24.8 Å². The van der Waals surface area contributed by atoms with Gasteiger partial charge < -0.3 is 15.6 Å². The highest BCUT2D eigenvalue weighted by molar-refractivity contribution is 5.85. The van der Waals surface area contributed by atoms with Crippen molar-refractivity contribution in [1.82, 2.24) is 4.90 Å². The predicted molar refractivity (Wildman–Crippen MR) is 127 cm³/mol. The van der Waals surface area contributed by atoms with Gasteiger partial charge in [0.15, 0.2) is 0 Å². The molecule has 2 aromatic carbocycles. The number of piperidine rings is 1. The summed E-state index contributed by atoms with van der Waals surface area (Å²) >= 11 is 0. The Kier molecular flexibility index (Phi) is 9.01. The van der Waals surface area contributed by atoms with Crippen molar-refractivity contribution in [2.45, 2.75) is 51.9 Å². The Morgan fingerprint density at radius 1 is 1.03 bits per heavy atom. The molecule has 0 unspecified atom stereocenters. The minimum absolute atomic E-state index is 0. The zero-order valence-corrected chi connectivity index (χ0v) is 19.5. The largest absolute Gasteiger partial charge is 0.507 e. The van der Waals surface area contributed by atoms with Gasteiger partial charge in [-0.1, -0.05) is 36.4 Å². The van der Waals surface area contributed by atoms with E-state index in [4.69, 9.17) is 10.5 Å². The highest BCUT2D eigenvalue weighted by Gasteiger charge is 2.35. The average Bonchev–Trinajstić information content (AvgIpc) is 2.72. The molecule has 2 aliphatic heterocycles. The van der Waals surface area contributed by atoms with E-state index in [1.165, 1.54) is 11.1 Å². The van der Waals surface area contributed by atoms with Crippen molar-refractivity contribution in [2.75, 3.05) is 19.6 Å². The number of nitrogens with zero attached hydrogens (tertiary/aromatic N) is 1. The van der Waals surface area contributed by atoms with Crippen LogP contribution in [0, 0.1) is 19.8 Å². The maximum Gasteiger partial charge on any atom is 0.122 e. The molecule has 0 aromatic heterocycles. The Labute approximate surface area is 192 Å². The van der Waals surface area contributed by atoms with Gasteiger partial charge >= 0.3 is 0 Å². The summed E-state index contributed by atoms with van der Waals surface area (Å²) in [5, 5.41) is 10.6. The number of likely N-dealkylation sites (tertiary alicyclic amines) is 1. The molecule has 1 fully saturated rings. The van der Waals surface area contributed by atoms with Crippen LogP contribution in [-0.2, 0) is 17.7 Å². The molecule has 0 spiro atoms. The second-order valence-electron chi connectivity index (χ2n) is 8.44. The second-order valence-corrected chi connectivity index (χ2v) is 8.44. The standard InChI is InChI=1S/C24H32N2O2.2ClH/c1-16-5-3-4-6-19(16)15-26-11-9-18(10-12-26)22-13-21-20(23(14-25)28-22)8-7-17(2)24(21)27;;/h3-8,18,22-23,27H,9-15,25H2,1-2H3;2*1H/t22-,23-;;/m0../s1. The molecule has 30 heavy (non-hydrogen) atoms. The summed E-state index contributed by atoms with van der Waals surface area (Å²) in [7, 11) is 0. The highest BCUT2D eigenvalue weighted by atomic mass is 35.5. The Balaban J connectivity index is 0.00000160. The highest BCUT2D eigenvalue weighted by Crippen LogP contribution is 2.40. The zero-order chi connectivity index (χ0) is 19.7. The van der Waals surface area contributed by atoms with E-state index in [1.54, 1.807) is 0 Å². The molecular weight excluding hydrogens is 419 g/mol. The summed E-state index contributed by atoms with van der Waals surface area (Å²) in [4.78, 5) is 2.55. The third-order valence-electron chi connectivity index (χ3n) is 6.64. The third kappa shape index (κ3) is 5.12. The number of rotatable bonds is 4. The van der Waals surface area contributed by atoms with E-state index in [0.29, 0.717) is 18.2 Å². The van der Waals surface area contributed by atoms with Gasteiger partial charge in [0.25, 0.3) is 0 Å². The van der Waals surface area contributed by atoms with Gasteiger partial charge in [-0.2, -0.15) is 0 Å². The number of phenols is 1. The Hall–Kier alpha value is -1.30. The fraction of sp³-hybridized carbons (Fsp3) is 0.500. The fourth-order valence-electron chi connectivity index (χ4n) is 4.79. The van der Waals surface area contributed by atoms with Crippen LogP contribution in [0.15, 0.2) is 36.4 Å². The number of aryl methyl sites for hydroxylation is 2. The molecule has 4 nitrogen and oxygen atoms in total. The minimum atomic E-state index is -0.106. The van der Waals surface area contributed by atoms with Crippen molar-refractivity contribution in [3.05, 3.63) is 64.2 Å². The molecule has 0 aliphatic carbocycles. The van der Waals surface area contributed by atoms with Crippen LogP contribution in [0.2, 0.25) is 0 Å². The molecule has 2 aliphatic rings. The van der Waals surface area contributed by atoms with Gasteiger partial charge in [-0.15, -0.1) is 24.8 Å². The normalized spacial score (nSPS) is 22.0. The number of ether oxygens (including phenoxy) is 1. The molecule has 6 heteroatoms. The number of aromatic hydroxyl groups is 1. The lowest BCUT2D eigenvalue weighted by Gasteiger charge is -2.40. The van der Waals surface area contributed by atoms with Crippen LogP contribution in [0.25, 0.3) is 0 Å². The monoisotopic (exact) mass is 452 g/mol. The summed E-state index contributed by atoms with van der Waals surface area (Å²) < 4.78 is 6.41. The minimum Gasteiger partial charge on any atom is -0.507 e. The second kappa shape index (κ2) is 10.8. The molecule has 166 valence electrons. The van der Waals surface area contributed by atoms with Crippen molar-refractivity contribution in [3.63, 3.8) is 0 Å². The third-order valence-corrected chi connectivity index (χ3v) is 6.64. The van der Waals surface area contributed by atoms with E-state index in [2.05, 4.69) is 42.2 Å². The molecule has 2 aromatic rings. The molecule has 3 N–H and O–H groups in total. The number of halogens is 2. The summed E-state index contributed by atoms with van der Waals surface area (Å²) in [5.41, 5.74) is 11.8. The number of hydrogen-bond donors (Lipinski definition) is 2. The lowest BCUT2D eigenvalue weighted by atomic mass is 9.83. The summed E-state index contributed by atoms with van der Waals surface area (Å²) in [6.45, 7) is 7.83. The van der Waals surface area contributed by atoms with E-state index in [9.17, 15) is 5.11 Å². The van der Waals surface area contributed by atoms with Crippen molar-refractivity contribution in [2.24, 2.45) is 11.7 Å². The zero-order valence-electron chi connectivity index (χ0n) is 17.8.